The van der Waals surface area contributed by atoms with Gasteiger partial charge in [-0.15, -0.1) is 0 Å². The molecule has 4 saturated carbocycles. The van der Waals surface area contributed by atoms with E-state index >= 15 is 0 Å². The molecule has 0 aromatic heterocycles. The van der Waals surface area contributed by atoms with Crippen molar-refractivity contribution in [1.82, 2.24) is 0 Å². The minimum absolute atomic E-state index is 0.0513. The topological polar surface area (TPSA) is 115 Å². The predicted molar refractivity (Wildman–Crippen MR) is 130 cm³/mol. The number of carbonyl (C=O) groups excluding carboxylic acids is 2. The third-order valence-corrected chi connectivity index (χ3v) is 12.7. The Hall–Kier alpha value is -1.32. The van der Waals surface area contributed by atoms with Crippen molar-refractivity contribution in [3.63, 3.8) is 0 Å². The highest BCUT2D eigenvalue weighted by molar-refractivity contribution is 5.91. The molecule has 0 radical (unpaired) electrons. The van der Waals surface area contributed by atoms with Gasteiger partial charge in [-0.05, 0) is 81.0 Å². The number of hydrogen-bond donors (Lipinski definition) is 2. The van der Waals surface area contributed by atoms with Crippen LogP contribution in [0.4, 0.5) is 0 Å². The molecule has 1 unspecified atom stereocenters. The van der Waals surface area contributed by atoms with Gasteiger partial charge in [-0.2, -0.15) is 0 Å². The van der Waals surface area contributed by atoms with Crippen LogP contribution in [0.1, 0.15) is 72.6 Å². The Kier molecular flexibility index (Phi) is 4.97. The quantitative estimate of drug-likeness (QED) is 0.435. The Morgan fingerprint density at radius 2 is 1.84 bits per heavy atom. The predicted octanol–water partition coefficient (Wildman–Crippen LogP) is 2.89. The van der Waals surface area contributed by atoms with Crippen molar-refractivity contribution >= 4 is 11.8 Å². The fraction of sp³-hybridized carbons (Fsp3) is 0.862. The van der Waals surface area contributed by atoms with Gasteiger partial charge in [0.25, 0.3) is 0 Å². The summed E-state index contributed by atoms with van der Waals surface area (Å²) in [5.41, 5.74) is -0.454. The Morgan fingerprint density at radius 1 is 1.08 bits per heavy atom. The molecule has 0 aromatic carbocycles. The Labute approximate surface area is 218 Å². The smallest absolute Gasteiger partial charge is 0.333 e. The van der Waals surface area contributed by atoms with E-state index < -0.39 is 29.2 Å². The average Bonchev–Trinajstić information content (AvgIpc) is 3.48. The molecule has 0 aromatic rings. The highest BCUT2D eigenvalue weighted by Gasteiger charge is 2.91. The number of carbonyl (C=O) groups is 2. The lowest BCUT2D eigenvalue weighted by molar-refractivity contribution is -0.420. The van der Waals surface area contributed by atoms with Crippen molar-refractivity contribution in [2.24, 2.45) is 40.4 Å². The lowest BCUT2D eigenvalue weighted by atomic mass is 9.41. The summed E-state index contributed by atoms with van der Waals surface area (Å²) >= 11 is 0. The van der Waals surface area contributed by atoms with Gasteiger partial charge in [-0.1, -0.05) is 19.4 Å². The molecule has 2 N–H and O–H groups in total. The first-order valence-corrected chi connectivity index (χ1v) is 14.2. The summed E-state index contributed by atoms with van der Waals surface area (Å²) in [4.78, 5) is 26.4. The number of aliphatic hydroxyl groups excluding tert-OH is 2. The first-order chi connectivity index (χ1) is 17.5. The summed E-state index contributed by atoms with van der Waals surface area (Å²) in [5.74, 6) is -0.698. The lowest BCUT2D eigenvalue weighted by Crippen LogP contribution is -2.81. The van der Waals surface area contributed by atoms with Gasteiger partial charge >= 0.3 is 5.97 Å². The first kappa shape index (κ1) is 24.7. The van der Waals surface area contributed by atoms with E-state index in [9.17, 15) is 19.8 Å². The third-order valence-electron chi connectivity index (χ3n) is 12.7. The van der Waals surface area contributed by atoms with Crippen LogP contribution in [0, 0.1) is 40.4 Å². The molecular weight excluding hydrogens is 476 g/mol. The van der Waals surface area contributed by atoms with Crippen LogP contribution >= 0.6 is 0 Å². The Bertz CT molecular complexity index is 1100. The zero-order valence-electron chi connectivity index (χ0n) is 22.5. The third kappa shape index (κ3) is 2.63. The zero-order chi connectivity index (χ0) is 26.3. The minimum Gasteiger partial charge on any atom is -0.458 e. The molecule has 2 bridgehead atoms. The SMILES string of the molecule is CO[C@]12CC(=O)[C@]3(C(O)O1)[C@H]1CC[C@]4(C)[C@@H]([C@H](C)[C@H]5CC(C)=C(C)C(=O)O5)CC[C@H]4[C@@H]1C[C@H]1O[C@]13[C@H]2O. The zero-order valence-corrected chi connectivity index (χ0v) is 22.5. The van der Waals surface area contributed by atoms with E-state index in [4.69, 9.17) is 18.9 Å². The van der Waals surface area contributed by atoms with Crippen molar-refractivity contribution in [3.05, 3.63) is 11.1 Å². The summed E-state index contributed by atoms with van der Waals surface area (Å²) in [6.45, 7) is 8.53. The van der Waals surface area contributed by atoms with Gasteiger partial charge in [0.2, 0.25) is 5.79 Å². The molecule has 13 atom stereocenters. The van der Waals surface area contributed by atoms with Gasteiger partial charge in [0, 0.05) is 19.1 Å². The average molecular weight is 517 g/mol. The van der Waals surface area contributed by atoms with Crippen LogP contribution in [0.3, 0.4) is 0 Å². The van der Waals surface area contributed by atoms with Crippen molar-refractivity contribution in [2.45, 2.75) is 109 Å². The number of fused-ring (bicyclic) bond motifs is 5. The van der Waals surface area contributed by atoms with Gasteiger partial charge in [-0.3, -0.25) is 4.79 Å². The lowest BCUT2D eigenvalue weighted by Gasteiger charge is -2.66. The molecule has 8 aliphatic rings. The molecular formula is C29H40O8. The number of epoxide rings is 1. The molecule has 4 aliphatic carbocycles. The summed E-state index contributed by atoms with van der Waals surface area (Å²) in [5, 5.41) is 22.9. The van der Waals surface area contributed by atoms with Crippen LogP contribution in [-0.2, 0) is 28.5 Å². The van der Waals surface area contributed by atoms with E-state index in [0.29, 0.717) is 11.8 Å². The van der Waals surface area contributed by atoms with Gasteiger partial charge in [0.05, 0.1) is 12.5 Å². The summed E-state index contributed by atoms with van der Waals surface area (Å²) in [6, 6.07) is 0. The molecule has 8 heteroatoms. The second-order valence-electron chi connectivity index (χ2n) is 13.5. The molecule has 7 fully saturated rings. The maximum atomic E-state index is 13.9. The van der Waals surface area contributed by atoms with Crippen LogP contribution < -0.4 is 0 Å². The van der Waals surface area contributed by atoms with Crippen molar-refractivity contribution < 1.29 is 38.7 Å². The number of Topliss-reactive ketones (excluding diaryl/α,β-unsaturated/α-hetero) is 1. The van der Waals surface area contributed by atoms with Crippen LogP contribution in [0.5, 0.6) is 0 Å². The van der Waals surface area contributed by atoms with Crippen molar-refractivity contribution in [2.75, 3.05) is 7.11 Å². The summed E-state index contributed by atoms with van der Waals surface area (Å²) in [6.07, 6.45) is 2.47. The van der Waals surface area contributed by atoms with E-state index in [0.717, 1.165) is 49.7 Å². The van der Waals surface area contributed by atoms with Crippen molar-refractivity contribution in [3.8, 4) is 0 Å². The number of rotatable bonds is 3. The van der Waals surface area contributed by atoms with Gasteiger partial charge in [0.15, 0.2) is 12.1 Å². The number of cyclic esters (lactones) is 1. The van der Waals surface area contributed by atoms with Crippen LogP contribution in [-0.4, -0.2) is 65.1 Å². The van der Waals surface area contributed by atoms with Crippen LogP contribution in [0.2, 0.25) is 0 Å². The van der Waals surface area contributed by atoms with E-state index in [1.165, 1.54) is 7.11 Å². The fourth-order valence-corrected chi connectivity index (χ4v) is 10.7. The highest BCUT2D eigenvalue weighted by atomic mass is 16.8. The van der Waals surface area contributed by atoms with E-state index in [1.54, 1.807) is 0 Å². The maximum Gasteiger partial charge on any atom is 0.333 e. The Morgan fingerprint density at radius 3 is 2.51 bits per heavy atom. The molecule has 204 valence electrons. The molecule has 0 amide bonds. The Balaban J connectivity index is 1.21. The number of aliphatic hydroxyl groups is 2. The molecule has 2 spiro atoms. The number of methoxy groups -OCH3 is 1. The monoisotopic (exact) mass is 516 g/mol. The molecule has 8 nitrogen and oxygen atoms in total. The fourth-order valence-electron chi connectivity index (χ4n) is 10.7. The largest absolute Gasteiger partial charge is 0.458 e. The minimum atomic E-state index is -1.54. The number of ketones is 1. The first-order valence-electron chi connectivity index (χ1n) is 14.2. The second-order valence-corrected chi connectivity index (χ2v) is 13.5. The standard InChI is InChI=1S/C29H40O8/c1-13-10-20(35-23(31)14(13)2)15(3)17-6-7-18-16-11-22-29(36-22)24(32)27(34-5)12-21(30)28(29,25(33)37-27)19(16)8-9-26(17,18)4/h15-20,22,24-25,32-33H,6-12H2,1-5H3/t15-,16-,17+,18-,19-,20+,22+,24-,25?,26+,27+,28-,29-/m0/s1. The highest BCUT2D eigenvalue weighted by Crippen LogP contribution is 2.77. The van der Waals surface area contributed by atoms with E-state index in [-0.39, 0.29) is 53.6 Å². The maximum absolute atomic E-state index is 13.9. The van der Waals surface area contributed by atoms with Crippen molar-refractivity contribution in [1.29, 1.82) is 0 Å². The number of esters is 1. The summed E-state index contributed by atoms with van der Waals surface area (Å²) < 4.78 is 23.7. The molecule has 4 aliphatic heterocycles. The van der Waals surface area contributed by atoms with E-state index in [2.05, 4.69) is 13.8 Å². The molecule has 37 heavy (non-hydrogen) atoms. The normalized spacial score (nSPS) is 56.7. The molecule has 8 rings (SSSR count). The molecule has 4 heterocycles. The van der Waals surface area contributed by atoms with Gasteiger partial charge in [0.1, 0.15) is 23.2 Å². The van der Waals surface area contributed by atoms with Crippen LogP contribution in [0.15, 0.2) is 11.1 Å². The number of ether oxygens (including phenoxy) is 4. The van der Waals surface area contributed by atoms with Crippen LogP contribution in [0.25, 0.3) is 0 Å². The van der Waals surface area contributed by atoms with E-state index in [1.807, 2.05) is 13.8 Å². The summed E-state index contributed by atoms with van der Waals surface area (Å²) in [7, 11) is 1.41. The number of hydrogen-bond acceptors (Lipinski definition) is 8. The molecule has 3 saturated heterocycles. The van der Waals surface area contributed by atoms with Gasteiger partial charge < -0.3 is 29.2 Å². The second kappa shape index (κ2) is 7.45. The van der Waals surface area contributed by atoms with Gasteiger partial charge in [-0.25, -0.2) is 4.79 Å².